The zero-order chi connectivity index (χ0) is 16.6. The first kappa shape index (κ1) is 15.6. The fraction of sp³-hybridized carbons (Fsp3) is 0.312. The lowest BCUT2D eigenvalue weighted by molar-refractivity contribution is -0.113. The van der Waals surface area contributed by atoms with Crippen molar-refractivity contribution in [1.82, 2.24) is 9.78 Å². The molecule has 1 amide bonds. The highest BCUT2D eigenvalue weighted by Gasteiger charge is 2.28. The molecule has 7 heteroatoms. The van der Waals surface area contributed by atoms with E-state index >= 15 is 0 Å². The van der Waals surface area contributed by atoms with Crippen LogP contribution >= 0.6 is 11.8 Å². The average Bonchev–Trinajstić information content (AvgIpc) is 2.83. The number of amides is 1. The van der Waals surface area contributed by atoms with Crippen LogP contribution < -0.4 is 5.32 Å². The molecule has 1 aromatic heterocycles. The first-order valence-electron chi connectivity index (χ1n) is 7.30. The number of nitrogens with one attached hydrogen (secondary N) is 1. The van der Waals surface area contributed by atoms with Crippen LogP contribution in [0.3, 0.4) is 0 Å². The van der Waals surface area contributed by atoms with Gasteiger partial charge in [-0.2, -0.15) is 5.10 Å². The first-order chi connectivity index (χ1) is 11.0. The zero-order valence-electron chi connectivity index (χ0n) is 12.8. The van der Waals surface area contributed by atoms with Gasteiger partial charge in [0.1, 0.15) is 5.82 Å². The molecule has 1 aromatic carbocycles. The van der Waals surface area contributed by atoms with Crippen molar-refractivity contribution in [1.29, 1.82) is 0 Å². The Morgan fingerprint density at radius 2 is 2.09 bits per heavy atom. The Labute approximate surface area is 137 Å². The highest BCUT2D eigenvalue weighted by molar-refractivity contribution is 8.00. The Morgan fingerprint density at radius 3 is 2.70 bits per heavy atom. The lowest BCUT2D eigenvalue weighted by Crippen LogP contribution is -2.15. The molecule has 1 unspecified atom stereocenters. The topological polar surface area (TPSA) is 84.2 Å². The number of hydrogen-bond acceptors (Lipinski definition) is 4. The number of carbonyl (C=O) groups is 2. The summed E-state index contributed by atoms with van der Waals surface area (Å²) in [4.78, 5) is 22.9. The number of carboxylic acid groups (broad SMARTS) is 1. The SMILES string of the molecule is CC(C)C1SCC(=O)Nc2c1cnn2-c1ccc(C(=O)O)cc1. The van der Waals surface area contributed by atoms with Gasteiger partial charge < -0.3 is 10.4 Å². The van der Waals surface area contributed by atoms with E-state index in [4.69, 9.17) is 5.11 Å². The van der Waals surface area contributed by atoms with Gasteiger partial charge in [0, 0.05) is 10.8 Å². The summed E-state index contributed by atoms with van der Waals surface area (Å²) in [7, 11) is 0. The molecule has 0 fully saturated rings. The number of carboxylic acids is 1. The van der Waals surface area contributed by atoms with Crippen molar-refractivity contribution in [2.24, 2.45) is 5.92 Å². The van der Waals surface area contributed by atoms with E-state index in [0.29, 0.717) is 23.2 Å². The van der Waals surface area contributed by atoms with Crippen LogP contribution in [0.2, 0.25) is 0 Å². The van der Waals surface area contributed by atoms with Gasteiger partial charge >= 0.3 is 5.97 Å². The summed E-state index contributed by atoms with van der Waals surface area (Å²) in [5.74, 6) is 0.430. The predicted octanol–water partition coefficient (Wildman–Crippen LogP) is 2.95. The molecule has 1 atom stereocenters. The Morgan fingerprint density at radius 1 is 1.39 bits per heavy atom. The summed E-state index contributed by atoms with van der Waals surface area (Å²) in [5, 5.41) is 16.5. The van der Waals surface area contributed by atoms with E-state index in [1.165, 1.54) is 12.1 Å². The van der Waals surface area contributed by atoms with Crippen LogP contribution in [0, 0.1) is 5.92 Å². The minimum atomic E-state index is -0.972. The van der Waals surface area contributed by atoms with Crippen molar-refractivity contribution in [3.63, 3.8) is 0 Å². The van der Waals surface area contributed by atoms with E-state index < -0.39 is 5.97 Å². The molecule has 3 rings (SSSR count). The third kappa shape index (κ3) is 2.96. The molecule has 6 nitrogen and oxygen atoms in total. The Balaban J connectivity index is 2.05. The number of anilines is 1. The third-order valence-corrected chi connectivity index (χ3v) is 5.31. The van der Waals surface area contributed by atoms with Gasteiger partial charge in [-0.25, -0.2) is 9.48 Å². The number of benzene rings is 1. The van der Waals surface area contributed by atoms with Crippen molar-refractivity contribution >= 4 is 29.5 Å². The number of aromatic carboxylic acids is 1. The second-order valence-electron chi connectivity index (χ2n) is 5.74. The molecule has 2 heterocycles. The number of hydrogen-bond donors (Lipinski definition) is 2. The molecule has 0 aliphatic carbocycles. The van der Waals surface area contributed by atoms with Crippen LogP contribution in [-0.4, -0.2) is 32.5 Å². The number of carbonyl (C=O) groups excluding carboxylic acids is 1. The minimum Gasteiger partial charge on any atom is -0.478 e. The van der Waals surface area contributed by atoms with Crippen LogP contribution in [0.4, 0.5) is 5.82 Å². The van der Waals surface area contributed by atoms with Gasteiger partial charge in [-0.1, -0.05) is 13.8 Å². The molecule has 0 saturated heterocycles. The summed E-state index contributed by atoms with van der Waals surface area (Å²) >= 11 is 1.61. The van der Waals surface area contributed by atoms with E-state index in [9.17, 15) is 9.59 Å². The van der Waals surface area contributed by atoms with Gasteiger partial charge in [0.05, 0.1) is 23.2 Å². The molecule has 1 aliphatic heterocycles. The normalized spacial score (nSPS) is 17.5. The standard InChI is InChI=1S/C16H17N3O3S/c1-9(2)14-12-7-17-19(15(12)18-13(20)8-23-14)11-5-3-10(4-6-11)16(21)22/h3-7,9,14H,8H2,1-2H3,(H,18,20)(H,21,22). The quantitative estimate of drug-likeness (QED) is 0.903. The Kier molecular flexibility index (Phi) is 4.12. The van der Waals surface area contributed by atoms with Gasteiger partial charge in [-0.05, 0) is 30.2 Å². The van der Waals surface area contributed by atoms with E-state index in [0.717, 1.165) is 5.56 Å². The number of fused-ring (bicyclic) bond motifs is 1. The van der Waals surface area contributed by atoms with Crippen molar-refractivity contribution in [2.75, 3.05) is 11.1 Å². The first-order valence-corrected chi connectivity index (χ1v) is 8.35. The third-order valence-electron chi connectivity index (χ3n) is 3.72. The lowest BCUT2D eigenvalue weighted by atomic mass is 10.0. The summed E-state index contributed by atoms with van der Waals surface area (Å²) in [6, 6.07) is 6.43. The van der Waals surface area contributed by atoms with Gasteiger partial charge in [0.15, 0.2) is 0 Å². The van der Waals surface area contributed by atoms with Gasteiger partial charge in [0.25, 0.3) is 0 Å². The molecule has 2 N–H and O–H groups in total. The summed E-state index contributed by atoms with van der Waals surface area (Å²) < 4.78 is 1.65. The van der Waals surface area contributed by atoms with Crippen molar-refractivity contribution in [3.05, 3.63) is 41.6 Å². The number of nitrogens with zero attached hydrogens (tertiary/aromatic N) is 2. The second kappa shape index (κ2) is 6.08. The van der Waals surface area contributed by atoms with Gasteiger partial charge in [-0.15, -0.1) is 11.8 Å². The van der Waals surface area contributed by atoms with E-state index in [-0.39, 0.29) is 16.7 Å². The van der Waals surface area contributed by atoms with Crippen LogP contribution in [0.1, 0.15) is 35.0 Å². The zero-order valence-corrected chi connectivity index (χ0v) is 13.6. The molecule has 1 aliphatic rings. The second-order valence-corrected chi connectivity index (χ2v) is 6.87. The summed E-state index contributed by atoms with van der Waals surface area (Å²) in [6.45, 7) is 4.24. The molecular weight excluding hydrogens is 314 g/mol. The number of rotatable bonds is 3. The highest BCUT2D eigenvalue weighted by atomic mass is 32.2. The Bertz CT molecular complexity index is 752. The molecule has 0 radical (unpaired) electrons. The van der Waals surface area contributed by atoms with Gasteiger partial charge in [-0.3, -0.25) is 4.79 Å². The molecule has 0 saturated carbocycles. The maximum atomic E-state index is 12.0. The lowest BCUT2D eigenvalue weighted by Gasteiger charge is -2.17. The highest BCUT2D eigenvalue weighted by Crippen LogP contribution is 2.41. The molecular formula is C16H17N3O3S. The maximum absolute atomic E-state index is 12.0. The van der Waals surface area contributed by atoms with Crippen LogP contribution in [-0.2, 0) is 4.79 Å². The van der Waals surface area contributed by atoms with E-state index in [1.54, 1.807) is 34.8 Å². The molecule has 2 aromatic rings. The van der Waals surface area contributed by atoms with Crippen LogP contribution in [0.15, 0.2) is 30.5 Å². The largest absolute Gasteiger partial charge is 0.478 e. The fourth-order valence-electron chi connectivity index (χ4n) is 2.61. The smallest absolute Gasteiger partial charge is 0.335 e. The monoisotopic (exact) mass is 331 g/mol. The molecule has 0 bridgehead atoms. The Hall–Kier alpha value is -2.28. The van der Waals surface area contributed by atoms with E-state index in [2.05, 4.69) is 24.3 Å². The van der Waals surface area contributed by atoms with Gasteiger partial charge in [0.2, 0.25) is 5.91 Å². The minimum absolute atomic E-state index is 0.0525. The van der Waals surface area contributed by atoms with E-state index in [1.807, 2.05) is 0 Å². The maximum Gasteiger partial charge on any atom is 0.335 e. The predicted molar refractivity (Wildman–Crippen MR) is 89.2 cm³/mol. The van der Waals surface area contributed by atoms with Crippen molar-refractivity contribution in [2.45, 2.75) is 19.1 Å². The molecule has 0 spiro atoms. The number of thioether (sulfide) groups is 1. The number of aromatic nitrogens is 2. The summed E-state index contributed by atoms with van der Waals surface area (Å²) in [6.07, 6.45) is 1.78. The van der Waals surface area contributed by atoms with Crippen LogP contribution in [0.25, 0.3) is 5.69 Å². The average molecular weight is 331 g/mol. The van der Waals surface area contributed by atoms with Crippen molar-refractivity contribution < 1.29 is 14.7 Å². The van der Waals surface area contributed by atoms with Crippen molar-refractivity contribution in [3.8, 4) is 5.69 Å². The van der Waals surface area contributed by atoms with Crippen LogP contribution in [0.5, 0.6) is 0 Å². The molecule has 23 heavy (non-hydrogen) atoms. The summed E-state index contributed by atoms with van der Waals surface area (Å²) in [5.41, 5.74) is 1.93. The molecule has 120 valence electrons. The fourth-order valence-corrected chi connectivity index (χ4v) is 3.75.